The second-order valence-corrected chi connectivity index (χ2v) is 7.34. The van der Waals surface area contributed by atoms with E-state index >= 15 is 0 Å². The summed E-state index contributed by atoms with van der Waals surface area (Å²) < 4.78 is 5.29. The van der Waals surface area contributed by atoms with Gasteiger partial charge in [-0.25, -0.2) is 4.79 Å². The van der Waals surface area contributed by atoms with Gasteiger partial charge in [0.05, 0.1) is 6.04 Å². The highest BCUT2D eigenvalue weighted by molar-refractivity contribution is 6.31. The van der Waals surface area contributed by atoms with E-state index in [1.807, 2.05) is 57.2 Å². The van der Waals surface area contributed by atoms with Crippen LogP contribution in [0.2, 0.25) is 5.02 Å². The molecule has 1 N–H and O–H groups in total. The molecule has 0 saturated heterocycles. The standard InChI is InChI=1S/C21H23ClN4O2/c1-13(2)19-24-20(28-25-19)15-9-11-16(12-10-15)23-21(27)26(4)14(3)17-7-5-6-8-18(17)22/h5-14H,1-4H3,(H,23,27). The van der Waals surface area contributed by atoms with Crippen LogP contribution in [0.5, 0.6) is 0 Å². The lowest BCUT2D eigenvalue weighted by molar-refractivity contribution is 0.208. The van der Waals surface area contributed by atoms with E-state index in [0.29, 0.717) is 22.4 Å². The number of nitrogens with one attached hydrogen (secondary N) is 1. The van der Waals surface area contributed by atoms with Crippen molar-refractivity contribution in [1.29, 1.82) is 0 Å². The Morgan fingerprint density at radius 2 is 1.79 bits per heavy atom. The highest BCUT2D eigenvalue weighted by atomic mass is 35.5. The van der Waals surface area contributed by atoms with Gasteiger partial charge in [-0.3, -0.25) is 0 Å². The lowest BCUT2D eigenvalue weighted by Crippen LogP contribution is -2.33. The molecule has 0 aliphatic heterocycles. The van der Waals surface area contributed by atoms with Crippen LogP contribution >= 0.6 is 11.6 Å². The number of carbonyl (C=O) groups is 1. The zero-order valence-corrected chi connectivity index (χ0v) is 17.1. The number of aromatic nitrogens is 2. The second-order valence-electron chi connectivity index (χ2n) is 6.93. The number of carbonyl (C=O) groups excluding carboxylic acids is 1. The summed E-state index contributed by atoms with van der Waals surface area (Å²) in [5, 5.41) is 7.50. The molecule has 0 aliphatic rings. The minimum atomic E-state index is -0.222. The van der Waals surface area contributed by atoms with Gasteiger partial charge in [-0.05, 0) is 42.8 Å². The van der Waals surface area contributed by atoms with Gasteiger partial charge in [0, 0.05) is 29.2 Å². The molecule has 0 radical (unpaired) electrons. The average molecular weight is 399 g/mol. The van der Waals surface area contributed by atoms with Gasteiger partial charge in [-0.1, -0.05) is 48.8 Å². The van der Waals surface area contributed by atoms with E-state index in [1.165, 1.54) is 0 Å². The topological polar surface area (TPSA) is 71.3 Å². The monoisotopic (exact) mass is 398 g/mol. The zero-order chi connectivity index (χ0) is 20.3. The smallest absolute Gasteiger partial charge is 0.322 e. The van der Waals surface area contributed by atoms with Crippen molar-refractivity contribution in [3.63, 3.8) is 0 Å². The van der Waals surface area contributed by atoms with Crippen LogP contribution in [0.25, 0.3) is 11.5 Å². The molecular weight excluding hydrogens is 376 g/mol. The largest absolute Gasteiger partial charge is 0.334 e. The molecular formula is C21H23ClN4O2. The summed E-state index contributed by atoms with van der Waals surface area (Å²) in [5.41, 5.74) is 2.38. The molecule has 1 aromatic heterocycles. The first-order valence-electron chi connectivity index (χ1n) is 9.09. The Bertz CT molecular complexity index is 953. The van der Waals surface area contributed by atoms with E-state index in [0.717, 1.165) is 11.1 Å². The average Bonchev–Trinajstić information content (AvgIpc) is 3.18. The number of hydrogen-bond acceptors (Lipinski definition) is 4. The Morgan fingerprint density at radius 3 is 2.39 bits per heavy atom. The normalized spacial score (nSPS) is 12.1. The quantitative estimate of drug-likeness (QED) is 0.595. The van der Waals surface area contributed by atoms with Crippen LogP contribution < -0.4 is 5.32 Å². The fourth-order valence-corrected chi connectivity index (χ4v) is 2.99. The summed E-state index contributed by atoms with van der Waals surface area (Å²) in [6.45, 7) is 5.95. The summed E-state index contributed by atoms with van der Waals surface area (Å²) in [7, 11) is 1.74. The first-order chi connectivity index (χ1) is 13.4. The molecule has 0 fully saturated rings. The summed E-state index contributed by atoms with van der Waals surface area (Å²) in [6, 6.07) is 14.4. The van der Waals surface area contributed by atoms with Gasteiger partial charge in [0.15, 0.2) is 5.82 Å². The maximum atomic E-state index is 12.6. The molecule has 0 saturated carbocycles. The van der Waals surface area contributed by atoms with Crippen molar-refractivity contribution >= 4 is 23.3 Å². The number of hydrogen-bond donors (Lipinski definition) is 1. The van der Waals surface area contributed by atoms with Gasteiger partial charge in [0.25, 0.3) is 5.89 Å². The van der Waals surface area contributed by atoms with Crippen molar-refractivity contribution in [3.8, 4) is 11.5 Å². The van der Waals surface area contributed by atoms with Crippen LogP contribution in [0, 0.1) is 0 Å². The molecule has 0 aliphatic carbocycles. The maximum absolute atomic E-state index is 12.6. The van der Waals surface area contributed by atoms with Crippen molar-refractivity contribution in [1.82, 2.24) is 15.0 Å². The molecule has 2 amide bonds. The van der Waals surface area contributed by atoms with E-state index in [4.69, 9.17) is 16.1 Å². The molecule has 6 nitrogen and oxygen atoms in total. The first-order valence-corrected chi connectivity index (χ1v) is 9.47. The van der Waals surface area contributed by atoms with Crippen LogP contribution in [-0.2, 0) is 0 Å². The van der Waals surface area contributed by atoms with Crippen LogP contribution in [0.15, 0.2) is 53.1 Å². The molecule has 0 spiro atoms. The lowest BCUT2D eigenvalue weighted by Gasteiger charge is -2.26. The minimum absolute atomic E-state index is 0.166. The molecule has 1 unspecified atom stereocenters. The summed E-state index contributed by atoms with van der Waals surface area (Å²) in [6.07, 6.45) is 0. The third kappa shape index (κ3) is 4.34. The second kappa shape index (κ2) is 8.44. The SMILES string of the molecule is CC(C)c1noc(-c2ccc(NC(=O)N(C)C(C)c3ccccc3Cl)cc2)n1. The van der Waals surface area contributed by atoms with Crippen LogP contribution in [-0.4, -0.2) is 28.1 Å². The summed E-state index contributed by atoms with van der Waals surface area (Å²) in [5.74, 6) is 1.33. The molecule has 2 aromatic carbocycles. The zero-order valence-electron chi connectivity index (χ0n) is 16.3. The van der Waals surface area contributed by atoms with E-state index in [9.17, 15) is 4.79 Å². The number of halogens is 1. The van der Waals surface area contributed by atoms with Crippen molar-refractivity contribution in [2.24, 2.45) is 0 Å². The van der Waals surface area contributed by atoms with Crippen LogP contribution in [0.1, 0.15) is 44.1 Å². The lowest BCUT2D eigenvalue weighted by atomic mass is 10.1. The summed E-state index contributed by atoms with van der Waals surface area (Å²) in [4.78, 5) is 18.6. The van der Waals surface area contributed by atoms with Gasteiger partial charge < -0.3 is 14.7 Å². The van der Waals surface area contributed by atoms with Gasteiger partial charge in [0.1, 0.15) is 0 Å². The molecule has 3 aromatic rings. The maximum Gasteiger partial charge on any atom is 0.322 e. The van der Waals surface area contributed by atoms with Gasteiger partial charge in [0.2, 0.25) is 0 Å². The third-order valence-corrected chi connectivity index (χ3v) is 4.94. The van der Waals surface area contributed by atoms with Crippen LogP contribution in [0.4, 0.5) is 10.5 Å². The fourth-order valence-electron chi connectivity index (χ4n) is 2.69. The Hall–Kier alpha value is -2.86. The van der Waals surface area contributed by atoms with Gasteiger partial charge in [-0.2, -0.15) is 4.98 Å². The van der Waals surface area contributed by atoms with E-state index in [-0.39, 0.29) is 18.0 Å². The summed E-state index contributed by atoms with van der Waals surface area (Å²) >= 11 is 6.25. The third-order valence-electron chi connectivity index (χ3n) is 4.60. The molecule has 28 heavy (non-hydrogen) atoms. The van der Waals surface area contributed by atoms with Crippen molar-refractivity contribution in [3.05, 3.63) is 64.9 Å². The Kier molecular flexibility index (Phi) is 5.99. The predicted octanol–water partition coefficient (Wildman–Crippen LogP) is 5.74. The Balaban J connectivity index is 1.67. The highest BCUT2D eigenvalue weighted by Crippen LogP contribution is 2.27. The van der Waals surface area contributed by atoms with E-state index < -0.39 is 0 Å². The number of rotatable bonds is 5. The molecule has 1 heterocycles. The number of urea groups is 1. The van der Waals surface area contributed by atoms with Crippen molar-refractivity contribution < 1.29 is 9.32 Å². The Labute approximate surface area is 169 Å². The van der Waals surface area contributed by atoms with Crippen LogP contribution in [0.3, 0.4) is 0 Å². The number of amides is 2. The molecule has 0 bridgehead atoms. The molecule has 146 valence electrons. The van der Waals surface area contributed by atoms with Crippen molar-refractivity contribution in [2.45, 2.75) is 32.7 Å². The Morgan fingerprint density at radius 1 is 1.11 bits per heavy atom. The van der Waals surface area contributed by atoms with Gasteiger partial charge in [-0.15, -0.1) is 0 Å². The minimum Gasteiger partial charge on any atom is -0.334 e. The number of benzene rings is 2. The number of nitrogens with zero attached hydrogens (tertiary/aromatic N) is 3. The molecule has 1 atom stereocenters. The van der Waals surface area contributed by atoms with E-state index in [2.05, 4.69) is 15.5 Å². The van der Waals surface area contributed by atoms with Crippen molar-refractivity contribution in [2.75, 3.05) is 12.4 Å². The molecule has 3 rings (SSSR count). The molecule has 7 heteroatoms. The van der Waals surface area contributed by atoms with Gasteiger partial charge >= 0.3 is 6.03 Å². The predicted molar refractivity (Wildman–Crippen MR) is 110 cm³/mol. The number of anilines is 1. The van der Waals surface area contributed by atoms with E-state index in [1.54, 1.807) is 24.1 Å². The highest BCUT2D eigenvalue weighted by Gasteiger charge is 2.19. The first kappa shape index (κ1) is 19.9. The fraction of sp³-hybridized carbons (Fsp3) is 0.286.